The predicted molar refractivity (Wildman–Crippen MR) is 112 cm³/mol. The summed E-state index contributed by atoms with van der Waals surface area (Å²) in [5.74, 6) is 0.00921. The third kappa shape index (κ3) is 4.72. The van der Waals surface area contributed by atoms with Crippen molar-refractivity contribution < 1.29 is 14.3 Å². The number of carbonyl (C=O) groups is 1. The molecule has 7 heteroatoms. The van der Waals surface area contributed by atoms with Crippen molar-refractivity contribution in [3.8, 4) is 11.1 Å². The molecule has 0 aliphatic carbocycles. The second-order valence-corrected chi connectivity index (χ2v) is 8.04. The Kier molecular flexibility index (Phi) is 6.59. The second-order valence-electron chi connectivity index (χ2n) is 7.00. The maximum atomic E-state index is 12.8. The molecule has 6 nitrogen and oxygen atoms in total. The molecule has 0 bridgehead atoms. The summed E-state index contributed by atoms with van der Waals surface area (Å²) < 4.78 is 10.9. The number of anilines is 1. The zero-order valence-corrected chi connectivity index (χ0v) is 16.9. The third-order valence-electron chi connectivity index (χ3n) is 5.14. The van der Waals surface area contributed by atoms with Gasteiger partial charge in [0.25, 0.3) is 5.91 Å². The first-order valence-corrected chi connectivity index (χ1v) is 10.7. The van der Waals surface area contributed by atoms with E-state index in [2.05, 4.69) is 27.2 Å². The summed E-state index contributed by atoms with van der Waals surface area (Å²) in [6.45, 7) is 8.14. The van der Waals surface area contributed by atoms with Crippen LogP contribution in [0.25, 0.3) is 11.1 Å². The van der Waals surface area contributed by atoms with E-state index < -0.39 is 0 Å². The van der Waals surface area contributed by atoms with E-state index in [9.17, 15) is 4.79 Å². The van der Waals surface area contributed by atoms with Gasteiger partial charge < -0.3 is 19.7 Å². The minimum Gasteiger partial charge on any atom is -0.379 e. The zero-order valence-electron chi connectivity index (χ0n) is 16.1. The highest BCUT2D eigenvalue weighted by molar-refractivity contribution is 7.18. The van der Waals surface area contributed by atoms with Crippen LogP contribution in [0.15, 0.2) is 36.4 Å². The van der Waals surface area contributed by atoms with E-state index in [1.807, 2.05) is 24.3 Å². The number of hydrogen-bond donors (Lipinski definition) is 1. The van der Waals surface area contributed by atoms with Gasteiger partial charge in [0.05, 0.1) is 36.3 Å². The fourth-order valence-electron chi connectivity index (χ4n) is 3.56. The first-order valence-electron chi connectivity index (χ1n) is 9.91. The summed E-state index contributed by atoms with van der Waals surface area (Å²) in [5, 5.41) is 4.25. The van der Waals surface area contributed by atoms with Crippen molar-refractivity contribution in [1.29, 1.82) is 0 Å². The van der Waals surface area contributed by atoms with Crippen molar-refractivity contribution in [2.75, 3.05) is 70.6 Å². The molecule has 0 saturated carbocycles. The van der Waals surface area contributed by atoms with E-state index in [0.717, 1.165) is 80.2 Å². The molecule has 1 aromatic heterocycles. The summed E-state index contributed by atoms with van der Waals surface area (Å²) in [6.07, 6.45) is 0. The lowest BCUT2D eigenvalue weighted by molar-refractivity contribution is 0.0383. The third-order valence-corrected chi connectivity index (χ3v) is 6.33. The number of nitrogens with zero attached hydrogens (tertiary/aromatic N) is 2. The molecule has 1 N–H and O–H groups in total. The molecular formula is C21H27N3O3S. The Bertz CT molecular complexity index is 768. The van der Waals surface area contributed by atoms with Crippen molar-refractivity contribution in [3.63, 3.8) is 0 Å². The van der Waals surface area contributed by atoms with E-state index >= 15 is 0 Å². The van der Waals surface area contributed by atoms with Crippen molar-refractivity contribution in [1.82, 2.24) is 10.2 Å². The van der Waals surface area contributed by atoms with Crippen molar-refractivity contribution >= 4 is 22.2 Å². The predicted octanol–water partition coefficient (Wildman–Crippen LogP) is 2.31. The van der Waals surface area contributed by atoms with Crippen LogP contribution in [0.2, 0.25) is 0 Å². The normalized spacial score (nSPS) is 18.2. The second kappa shape index (κ2) is 9.52. The lowest BCUT2D eigenvalue weighted by Crippen LogP contribution is -2.41. The fraction of sp³-hybridized carbons (Fsp3) is 0.476. The van der Waals surface area contributed by atoms with Crippen LogP contribution in [0.1, 0.15) is 9.67 Å². The fourth-order valence-corrected chi connectivity index (χ4v) is 4.71. The minimum absolute atomic E-state index is 0.00921. The van der Waals surface area contributed by atoms with Crippen molar-refractivity contribution in [2.24, 2.45) is 0 Å². The molecule has 2 aliphatic rings. The first kappa shape index (κ1) is 19.4. The standard InChI is InChI=1S/C21H27N3O3S/c25-20(22-6-7-23-8-12-26-13-9-23)19-16-18(17-4-2-1-3-5-17)21(28-19)24-10-14-27-15-11-24/h1-5,16H,6-15H2,(H,22,25). The van der Waals surface area contributed by atoms with Gasteiger partial charge in [-0.2, -0.15) is 0 Å². The largest absolute Gasteiger partial charge is 0.379 e. The Labute approximate surface area is 170 Å². The maximum absolute atomic E-state index is 12.8. The van der Waals surface area contributed by atoms with E-state index in [1.54, 1.807) is 11.3 Å². The van der Waals surface area contributed by atoms with Crippen LogP contribution >= 0.6 is 11.3 Å². The smallest absolute Gasteiger partial charge is 0.261 e. The molecule has 3 heterocycles. The van der Waals surface area contributed by atoms with Gasteiger partial charge in [-0.3, -0.25) is 9.69 Å². The Morgan fingerprint density at radius 2 is 1.68 bits per heavy atom. The van der Waals surface area contributed by atoms with Crippen LogP contribution < -0.4 is 10.2 Å². The summed E-state index contributed by atoms with van der Waals surface area (Å²) in [4.78, 5) is 18.2. The molecule has 0 spiro atoms. The van der Waals surface area contributed by atoms with E-state index in [4.69, 9.17) is 9.47 Å². The molecule has 2 fully saturated rings. The summed E-state index contributed by atoms with van der Waals surface area (Å²) in [5.41, 5.74) is 2.28. The summed E-state index contributed by atoms with van der Waals surface area (Å²) >= 11 is 1.58. The maximum Gasteiger partial charge on any atom is 0.261 e. The van der Waals surface area contributed by atoms with E-state index in [0.29, 0.717) is 6.54 Å². The molecule has 2 aliphatic heterocycles. The quantitative estimate of drug-likeness (QED) is 0.805. The van der Waals surface area contributed by atoms with E-state index in [-0.39, 0.29) is 5.91 Å². The van der Waals surface area contributed by atoms with Crippen LogP contribution in [0.5, 0.6) is 0 Å². The highest BCUT2D eigenvalue weighted by Crippen LogP contribution is 2.39. The van der Waals surface area contributed by atoms with Crippen LogP contribution in [0.4, 0.5) is 5.00 Å². The monoisotopic (exact) mass is 401 g/mol. The van der Waals surface area contributed by atoms with Gasteiger partial charge in [-0.25, -0.2) is 0 Å². The Hall–Kier alpha value is -1.93. The van der Waals surface area contributed by atoms with Gasteiger partial charge in [0.1, 0.15) is 0 Å². The van der Waals surface area contributed by atoms with Crippen LogP contribution in [0.3, 0.4) is 0 Å². The average Bonchev–Trinajstić information content (AvgIpc) is 3.21. The number of hydrogen-bond acceptors (Lipinski definition) is 6. The molecule has 2 aromatic rings. The number of rotatable bonds is 6. The van der Waals surface area contributed by atoms with Crippen LogP contribution in [-0.4, -0.2) is 76.5 Å². The SMILES string of the molecule is O=C(NCCN1CCOCC1)c1cc(-c2ccccc2)c(N2CCOCC2)s1. The molecule has 1 amide bonds. The van der Waals surface area contributed by atoms with Gasteiger partial charge in [-0.1, -0.05) is 30.3 Å². The highest BCUT2D eigenvalue weighted by Gasteiger charge is 2.22. The number of benzene rings is 1. The molecule has 2 saturated heterocycles. The molecular weight excluding hydrogens is 374 g/mol. The van der Waals surface area contributed by atoms with Crippen molar-refractivity contribution in [2.45, 2.75) is 0 Å². The molecule has 1 aromatic carbocycles. The molecule has 0 unspecified atom stereocenters. The van der Waals surface area contributed by atoms with Gasteiger partial charge in [0, 0.05) is 44.8 Å². The lowest BCUT2D eigenvalue weighted by atomic mass is 10.1. The van der Waals surface area contributed by atoms with Crippen molar-refractivity contribution in [3.05, 3.63) is 41.3 Å². The number of thiophene rings is 1. The zero-order chi connectivity index (χ0) is 19.2. The summed E-state index contributed by atoms with van der Waals surface area (Å²) in [6, 6.07) is 12.3. The van der Waals surface area contributed by atoms with Gasteiger partial charge in [0.2, 0.25) is 0 Å². The topological polar surface area (TPSA) is 54.0 Å². The molecule has 28 heavy (non-hydrogen) atoms. The van der Waals surface area contributed by atoms with Crippen LogP contribution in [-0.2, 0) is 9.47 Å². The number of ether oxygens (including phenoxy) is 2. The molecule has 0 radical (unpaired) electrons. The highest BCUT2D eigenvalue weighted by atomic mass is 32.1. The number of nitrogens with one attached hydrogen (secondary N) is 1. The summed E-state index contributed by atoms with van der Waals surface area (Å²) in [7, 11) is 0. The number of amides is 1. The Morgan fingerprint density at radius 1 is 1.00 bits per heavy atom. The van der Waals surface area contributed by atoms with E-state index in [1.165, 1.54) is 0 Å². The first-order chi connectivity index (χ1) is 13.8. The Balaban J connectivity index is 1.47. The van der Waals surface area contributed by atoms with Crippen LogP contribution in [0, 0.1) is 0 Å². The molecule has 150 valence electrons. The van der Waals surface area contributed by atoms with Gasteiger partial charge in [-0.05, 0) is 11.6 Å². The number of carbonyl (C=O) groups excluding carboxylic acids is 1. The minimum atomic E-state index is 0.00921. The molecule has 0 atom stereocenters. The van der Waals surface area contributed by atoms with Gasteiger partial charge in [0.15, 0.2) is 0 Å². The average molecular weight is 402 g/mol. The van der Waals surface area contributed by atoms with Gasteiger partial charge >= 0.3 is 0 Å². The van der Waals surface area contributed by atoms with Gasteiger partial charge in [-0.15, -0.1) is 11.3 Å². The molecule has 4 rings (SSSR count). The Morgan fingerprint density at radius 3 is 2.39 bits per heavy atom. The lowest BCUT2D eigenvalue weighted by Gasteiger charge is -2.28. The number of morpholine rings is 2.